The normalized spacial score (nSPS) is 10.7. The fourth-order valence-corrected chi connectivity index (χ4v) is 1.03. The maximum Gasteiger partial charge on any atom is 0.281 e. The Morgan fingerprint density at radius 3 is 2.07 bits per heavy atom. The Bertz CT molecular complexity index is 220. The molecule has 0 radical (unpaired) electrons. The minimum atomic E-state index is -1.55. The lowest BCUT2D eigenvalue weighted by molar-refractivity contribution is -0.0432. The van der Waals surface area contributed by atoms with Crippen molar-refractivity contribution in [3.8, 4) is 0 Å². The lowest BCUT2D eigenvalue weighted by Gasteiger charge is -2.18. The number of hydrogen-bond donors (Lipinski definition) is 0. The van der Waals surface area contributed by atoms with Crippen molar-refractivity contribution in [1.29, 1.82) is 0 Å². The summed E-state index contributed by atoms with van der Waals surface area (Å²) >= 11 is 0. The van der Waals surface area contributed by atoms with Crippen LogP contribution in [0, 0.1) is 0 Å². The van der Waals surface area contributed by atoms with Crippen LogP contribution in [-0.2, 0) is 18.6 Å². The molecule has 0 fully saturated rings. The summed E-state index contributed by atoms with van der Waals surface area (Å²) in [5.74, 6) is 0.308. The zero-order chi connectivity index (χ0) is 11.9. The highest BCUT2D eigenvalue weighted by Gasteiger charge is 2.14. The standard InChI is InChI=1S/C10H20O4Si/c1-7-11-9(2)14-10(3)12-8-13-15(4,5)6/h2-3,7-8H2,1,4-6H3. The molecule has 0 aliphatic heterocycles. The van der Waals surface area contributed by atoms with E-state index in [1.807, 2.05) is 6.92 Å². The average molecular weight is 232 g/mol. The summed E-state index contributed by atoms with van der Waals surface area (Å²) in [6.45, 7) is 15.8. The molecular weight excluding hydrogens is 212 g/mol. The van der Waals surface area contributed by atoms with Gasteiger partial charge in [0.05, 0.1) is 6.61 Å². The summed E-state index contributed by atoms with van der Waals surface area (Å²) < 4.78 is 20.5. The molecular formula is C10H20O4Si. The molecule has 0 N–H and O–H groups in total. The van der Waals surface area contributed by atoms with Crippen molar-refractivity contribution in [3.63, 3.8) is 0 Å². The van der Waals surface area contributed by atoms with Crippen LogP contribution in [0.3, 0.4) is 0 Å². The van der Waals surface area contributed by atoms with E-state index >= 15 is 0 Å². The Kier molecular flexibility index (Phi) is 6.11. The van der Waals surface area contributed by atoms with Crippen molar-refractivity contribution in [1.82, 2.24) is 0 Å². The highest BCUT2D eigenvalue weighted by Crippen LogP contribution is 2.08. The van der Waals surface area contributed by atoms with Gasteiger partial charge in [0.15, 0.2) is 15.1 Å². The van der Waals surface area contributed by atoms with Gasteiger partial charge in [-0.25, -0.2) is 0 Å². The van der Waals surface area contributed by atoms with Crippen LogP contribution in [0.15, 0.2) is 25.0 Å². The maximum absolute atomic E-state index is 5.45. The SMILES string of the molecule is C=C(OCC)OC(=C)OCO[Si](C)(C)C. The first-order chi connectivity index (χ1) is 6.85. The van der Waals surface area contributed by atoms with Crippen molar-refractivity contribution in [2.45, 2.75) is 26.6 Å². The third-order valence-electron chi connectivity index (χ3n) is 1.24. The molecule has 0 saturated heterocycles. The molecule has 0 aromatic rings. The molecule has 0 heterocycles. The molecule has 15 heavy (non-hydrogen) atoms. The Hall–Kier alpha value is -0.943. The Morgan fingerprint density at radius 1 is 1.07 bits per heavy atom. The molecule has 0 aliphatic rings. The van der Waals surface area contributed by atoms with Gasteiger partial charge in [0.25, 0.3) is 11.9 Å². The van der Waals surface area contributed by atoms with Crippen LogP contribution in [0.4, 0.5) is 0 Å². The van der Waals surface area contributed by atoms with E-state index in [4.69, 9.17) is 18.6 Å². The lowest BCUT2D eigenvalue weighted by atomic mass is 10.8. The van der Waals surface area contributed by atoms with Crippen molar-refractivity contribution in [3.05, 3.63) is 25.0 Å². The van der Waals surface area contributed by atoms with Gasteiger partial charge in [-0.1, -0.05) is 0 Å². The lowest BCUT2D eigenvalue weighted by Crippen LogP contribution is -2.26. The number of ether oxygens (including phenoxy) is 3. The molecule has 0 bridgehead atoms. The first-order valence-corrected chi connectivity index (χ1v) is 8.21. The van der Waals surface area contributed by atoms with Gasteiger partial charge in [-0.2, -0.15) is 0 Å². The van der Waals surface area contributed by atoms with Crippen molar-refractivity contribution < 1.29 is 18.6 Å². The largest absolute Gasteiger partial charge is 0.466 e. The Balaban J connectivity index is 3.62. The maximum atomic E-state index is 5.45. The van der Waals surface area contributed by atoms with Gasteiger partial charge in [-0.3, -0.25) is 0 Å². The zero-order valence-electron chi connectivity index (χ0n) is 9.96. The highest BCUT2D eigenvalue weighted by molar-refractivity contribution is 6.69. The molecule has 0 unspecified atom stereocenters. The first kappa shape index (κ1) is 14.1. The van der Waals surface area contributed by atoms with Gasteiger partial charge in [0.1, 0.15) is 0 Å². The molecule has 4 nitrogen and oxygen atoms in total. The van der Waals surface area contributed by atoms with Crippen molar-refractivity contribution >= 4 is 8.32 Å². The quantitative estimate of drug-likeness (QED) is 0.366. The molecule has 0 amide bonds. The molecule has 5 heteroatoms. The second-order valence-corrected chi connectivity index (χ2v) is 8.31. The Labute approximate surface area is 92.6 Å². The molecule has 0 atom stereocenters. The van der Waals surface area contributed by atoms with Gasteiger partial charge in [0.2, 0.25) is 0 Å². The molecule has 0 spiro atoms. The topological polar surface area (TPSA) is 36.9 Å². The first-order valence-electron chi connectivity index (χ1n) is 4.80. The van der Waals surface area contributed by atoms with E-state index in [1.54, 1.807) is 0 Å². The predicted octanol–water partition coefficient (Wildman–Crippen LogP) is 2.81. The van der Waals surface area contributed by atoms with Crippen LogP contribution >= 0.6 is 0 Å². The van der Waals surface area contributed by atoms with Crippen LogP contribution in [-0.4, -0.2) is 21.7 Å². The van der Waals surface area contributed by atoms with E-state index in [9.17, 15) is 0 Å². The van der Waals surface area contributed by atoms with Crippen LogP contribution in [0.25, 0.3) is 0 Å². The molecule has 0 saturated carbocycles. The van der Waals surface area contributed by atoms with E-state index in [0.29, 0.717) is 6.61 Å². The molecule has 0 rings (SSSR count). The zero-order valence-corrected chi connectivity index (χ0v) is 11.0. The van der Waals surface area contributed by atoms with E-state index in [0.717, 1.165) is 0 Å². The summed E-state index contributed by atoms with van der Waals surface area (Å²) in [5, 5.41) is 0. The van der Waals surface area contributed by atoms with E-state index < -0.39 is 8.32 Å². The van der Waals surface area contributed by atoms with Crippen molar-refractivity contribution in [2.24, 2.45) is 0 Å². The van der Waals surface area contributed by atoms with Gasteiger partial charge >= 0.3 is 0 Å². The number of hydrogen-bond acceptors (Lipinski definition) is 4. The molecule has 0 aromatic heterocycles. The number of rotatable bonds is 8. The van der Waals surface area contributed by atoms with Crippen LogP contribution in [0.2, 0.25) is 19.6 Å². The third-order valence-corrected chi connectivity index (χ3v) is 2.23. The van der Waals surface area contributed by atoms with Gasteiger partial charge in [0, 0.05) is 0 Å². The summed E-state index contributed by atoms with van der Waals surface area (Å²) in [6, 6.07) is 0. The van der Waals surface area contributed by atoms with Crippen LogP contribution in [0.5, 0.6) is 0 Å². The van der Waals surface area contributed by atoms with Crippen LogP contribution in [0.1, 0.15) is 6.92 Å². The second kappa shape index (κ2) is 6.52. The van der Waals surface area contributed by atoms with E-state index in [2.05, 4.69) is 32.8 Å². The van der Waals surface area contributed by atoms with Gasteiger partial charge in [-0.15, -0.1) is 0 Å². The summed E-state index contributed by atoms with van der Waals surface area (Å²) in [6.07, 6.45) is 0. The molecule has 0 aliphatic carbocycles. The third kappa shape index (κ3) is 9.36. The summed E-state index contributed by atoms with van der Waals surface area (Å²) in [7, 11) is -1.55. The monoisotopic (exact) mass is 232 g/mol. The summed E-state index contributed by atoms with van der Waals surface area (Å²) in [4.78, 5) is 0. The average Bonchev–Trinajstić information content (AvgIpc) is 2.01. The minimum Gasteiger partial charge on any atom is -0.466 e. The van der Waals surface area contributed by atoms with Gasteiger partial charge in [-0.05, 0) is 39.7 Å². The highest BCUT2D eigenvalue weighted by atomic mass is 28.4. The molecule has 0 aromatic carbocycles. The second-order valence-electron chi connectivity index (χ2n) is 3.80. The predicted molar refractivity (Wildman–Crippen MR) is 61.4 cm³/mol. The fourth-order valence-electron chi connectivity index (χ4n) is 0.619. The van der Waals surface area contributed by atoms with Gasteiger partial charge < -0.3 is 18.6 Å². The minimum absolute atomic E-state index is 0.131. The van der Waals surface area contributed by atoms with E-state index in [-0.39, 0.29) is 18.7 Å². The van der Waals surface area contributed by atoms with Crippen molar-refractivity contribution in [2.75, 3.05) is 13.4 Å². The molecule has 88 valence electrons. The van der Waals surface area contributed by atoms with Crippen LogP contribution < -0.4 is 0 Å². The van der Waals surface area contributed by atoms with E-state index in [1.165, 1.54) is 0 Å². The summed E-state index contributed by atoms with van der Waals surface area (Å²) in [5.41, 5.74) is 0. The Morgan fingerprint density at radius 2 is 1.60 bits per heavy atom. The smallest absolute Gasteiger partial charge is 0.281 e. The fraction of sp³-hybridized carbons (Fsp3) is 0.600.